The van der Waals surface area contributed by atoms with Crippen LogP contribution in [-0.2, 0) is 4.79 Å². The minimum atomic E-state index is -0.0660. The quantitative estimate of drug-likeness (QED) is 0.613. The van der Waals surface area contributed by atoms with Gasteiger partial charge in [-0.15, -0.1) is 0 Å². The fourth-order valence-electron chi connectivity index (χ4n) is 1.43. The summed E-state index contributed by atoms with van der Waals surface area (Å²) in [5, 5.41) is 5.95. The van der Waals surface area contributed by atoms with Gasteiger partial charge in [-0.1, -0.05) is 12.1 Å². The molecule has 0 saturated heterocycles. The lowest BCUT2D eigenvalue weighted by Crippen LogP contribution is -2.26. The Hall–Kier alpha value is -1.77. The third-order valence-electron chi connectivity index (χ3n) is 2.16. The monoisotopic (exact) mass is 188 g/mol. The van der Waals surface area contributed by atoms with Crippen LogP contribution in [0, 0.1) is 0 Å². The molecular formula is C11H12N2O. The zero-order chi connectivity index (χ0) is 10.1. The molecule has 2 N–H and O–H groups in total. The van der Waals surface area contributed by atoms with Crippen molar-refractivity contribution >= 4 is 17.3 Å². The summed E-state index contributed by atoms with van der Waals surface area (Å²) in [5.74, 6) is -0.0660. The number of amides is 1. The molecule has 1 amide bonds. The predicted molar refractivity (Wildman–Crippen MR) is 57.1 cm³/mol. The first-order valence-electron chi connectivity index (χ1n) is 4.53. The number of para-hydroxylation sites is 2. The standard InChI is InChI=1S/C11H12N2O/c1-7(2)10-11(14)13-9-6-4-3-5-8(9)12-10/h3-6,12H,1-2H3,(H,13,14). The molecule has 1 aliphatic heterocycles. The number of anilines is 2. The maximum atomic E-state index is 11.6. The number of hydrogen-bond donors (Lipinski definition) is 2. The van der Waals surface area contributed by atoms with E-state index in [1.807, 2.05) is 38.1 Å². The maximum absolute atomic E-state index is 11.6. The Bertz CT molecular complexity index is 417. The first kappa shape index (κ1) is 8.81. The number of fused-ring (bicyclic) bond motifs is 1. The van der Waals surface area contributed by atoms with Gasteiger partial charge in [0.25, 0.3) is 5.91 Å². The molecule has 72 valence electrons. The molecule has 2 rings (SSSR count). The van der Waals surface area contributed by atoms with Crippen LogP contribution < -0.4 is 10.6 Å². The number of rotatable bonds is 0. The molecule has 0 saturated carbocycles. The van der Waals surface area contributed by atoms with Gasteiger partial charge in [-0.25, -0.2) is 0 Å². The molecule has 1 aromatic carbocycles. The minimum Gasteiger partial charge on any atom is -0.349 e. The third-order valence-corrected chi connectivity index (χ3v) is 2.16. The fourth-order valence-corrected chi connectivity index (χ4v) is 1.43. The van der Waals surface area contributed by atoms with Crippen LogP contribution in [0.3, 0.4) is 0 Å². The lowest BCUT2D eigenvalue weighted by Gasteiger charge is -2.21. The molecule has 14 heavy (non-hydrogen) atoms. The van der Waals surface area contributed by atoms with Crippen molar-refractivity contribution < 1.29 is 4.79 Å². The lowest BCUT2D eigenvalue weighted by molar-refractivity contribution is -0.112. The summed E-state index contributed by atoms with van der Waals surface area (Å²) in [6.45, 7) is 3.83. The molecule has 0 bridgehead atoms. The summed E-state index contributed by atoms with van der Waals surface area (Å²) < 4.78 is 0. The zero-order valence-electron chi connectivity index (χ0n) is 8.22. The Morgan fingerprint density at radius 1 is 1.07 bits per heavy atom. The Balaban J connectivity index is 2.46. The summed E-state index contributed by atoms with van der Waals surface area (Å²) in [7, 11) is 0. The average molecular weight is 188 g/mol. The van der Waals surface area contributed by atoms with Gasteiger partial charge in [0.15, 0.2) is 0 Å². The summed E-state index contributed by atoms with van der Waals surface area (Å²) in [5.41, 5.74) is 3.41. The van der Waals surface area contributed by atoms with Crippen LogP contribution >= 0.6 is 0 Å². The predicted octanol–water partition coefficient (Wildman–Crippen LogP) is 2.34. The van der Waals surface area contributed by atoms with Gasteiger partial charge in [-0.05, 0) is 31.6 Å². The molecule has 0 spiro atoms. The van der Waals surface area contributed by atoms with Crippen LogP contribution in [0.15, 0.2) is 35.5 Å². The fraction of sp³-hybridized carbons (Fsp3) is 0.182. The second-order valence-electron chi connectivity index (χ2n) is 3.50. The Morgan fingerprint density at radius 3 is 2.21 bits per heavy atom. The highest BCUT2D eigenvalue weighted by atomic mass is 16.2. The number of benzene rings is 1. The van der Waals surface area contributed by atoms with Crippen molar-refractivity contribution in [2.24, 2.45) is 0 Å². The normalized spacial score (nSPS) is 14.1. The molecule has 1 heterocycles. The topological polar surface area (TPSA) is 41.1 Å². The SMILES string of the molecule is CC(C)=C1Nc2ccccc2NC1=O. The molecule has 0 radical (unpaired) electrons. The van der Waals surface area contributed by atoms with Crippen molar-refractivity contribution in [3.05, 3.63) is 35.5 Å². The van der Waals surface area contributed by atoms with Crippen LogP contribution in [0.2, 0.25) is 0 Å². The molecule has 0 fully saturated rings. The lowest BCUT2D eigenvalue weighted by atomic mass is 10.1. The molecule has 3 nitrogen and oxygen atoms in total. The van der Waals surface area contributed by atoms with Crippen molar-refractivity contribution in [2.75, 3.05) is 10.6 Å². The van der Waals surface area contributed by atoms with E-state index in [0.717, 1.165) is 16.9 Å². The molecule has 0 unspecified atom stereocenters. The van der Waals surface area contributed by atoms with Crippen LogP contribution in [0.1, 0.15) is 13.8 Å². The largest absolute Gasteiger partial charge is 0.349 e. The number of allylic oxidation sites excluding steroid dienone is 1. The number of carbonyl (C=O) groups excluding carboxylic acids is 1. The zero-order valence-corrected chi connectivity index (χ0v) is 8.22. The number of carbonyl (C=O) groups is 1. The summed E-state index contributed by atoms with van der Waals surface area (Å²) in [6.07, 6.45) is 0. The molecule has 1 aromatic rings. The van der Waals surface area contributed by atoms with Crippen LogP contribution in [-0.4, -0.2) is 5.91 Å². The average Bonchev–Trinajstić information content (AvgIpc) is 2.16. The van der Waals surface area contributed by atoms with Gasteiger partial charge in [0.1, 0.15) is 5.70 Å². The van der Waals surface area contributed by atoms with Crippen molar-refractivity contribution in [1.29, 1.82) is 0 Å². The highest BCUT2D eigenvalue weighted by Gasteiger charge is 2.19. The van der Waals surface area contributed by atoms with E-state index < -0.39 is 0 Å². The van der Waals surface area contributed by atoms with E-state index >= 15 is 0 Å². The highest BCUT2D eigenvalue weighted by molar-refractivity contribution is 6.11. The second kappa shape index (κ2) is 3.18. The van der Waals surface area contributed by atoms with Crippen LogP contribution in [0.4, 0.5) is 11.4 Å². The maximum Gasteiger partial charge on any atom is 0.272 e. The van der Waals surface area contributed by atoms with Gasteiger partial charge < -0.3 is 10.6 Å². The summed E-state index contributed by atoms with van der Waals surface area (Å²) >= 11 is 0. The molecule has 3 heteroatoms. The Kier molecular flexibility index (Phi) is 2.00. The van der Waals surface area contributed by atoms with Gasteiger partial charge in [0.05, 0.1) is 11.4 Å². The van der Waals surface area contributed by atoms with E-state index in [9.17, 15) is 4.79 Å². The van der Waals surface area contributed by atoms with Crippen molar-refractivity contribution in [3.8, 4) is 0 Å². The number of hydrogen-bond acceptors (Lipinski definition) is 2. The van der Waals surface area contributed by atoms with Gasteiger partial charge in [0.2, 0.25) is 0 Å². The van der Waals surface area contributed by atoms with Gasteiger partial charge in [-0.3, -0.25) is 4.79 Å². The first-order valence-corrected chi connectivity index (χ1v) is 4.53. The third kappa shape index (κ3) is 1.37. The minimum absolute atomic E-state index is 0.0660. The number of nitrogens with one attached hydrogen (secondary N) is 2. The summed E-state index contributed by atoms with van der Waals surface area (Å²) in [4.78, 5) is 11.6. The first-order chi connectivity index (χ1) is 6.68. The van der Waals surface area contributed by atoms with Gasteiger partial charge >= 0.3 is 0 Å². The molecule has 0 atom stereocenters. The molecule has 1 aliphatic rings. The van der Waals surface area contributed by atoms with E-state index in [1.54, 1.807) is 0 Å². The van der Waals surface area contributed by atoms with E-state index in [0.29, 0.717) is 5.70 Å². The van der Waals surface area contributed by atoms with E-state index in [-0.39, 0.29) is 5.91 Å². The van der Waals surface area contributed by atoms with Crippen molar-refractivity contribution in [2.45, 2.75) is 13.8 Å². The molecule has 0 aliphatic carbocycles. The Labute approximate surface area is 82.8 Å². The smallest absolute Gasteiger partial charge is 0.272 e. The van der Waals surface area contributed by atoms with Crippen LogP contribution in [0.5, 0.6) is 0 Å². The van der Waals surface area contributed by atoms with Crippen molar-refractivity contribution in [3.63, 3.8) is 0 Å². The van der Waals surface area contributed by atoms with E-state index in [4.69, 9.17) is 0 Å². The molecule has 0 aromatic heterocycles. The van der Waals surface area contributed by atoms with Crippen molar-refractivity contribution in [1.82, 2.24) is 0 Å². The Morgan fingerprint density at radius 2 is 1.64 bits per heavy atom. The van der Waals surface area contributed by atoms with Crippen LogP contribution in [0.25, 0.3) is 0 Å². The summed E-state index contributed by atoms with van der Waals surface area (Å²) in [6, 6.07) is 7.65. The second-order valence-corrected chi connectivity index (χ2v) is 3.50. The van der Waals surface area contributed by atoms with E-state index in [2.05, 4.69) is 10.6 Å². The van der Waals surface area contributed by atoms with Gasteiger partial charge in [-0.2, -0.15) is 0 Å². The van der Waals surface area contributed by atoms with E-state index in [1.165, 1.54) is 0 Å². The van der Waals surface area contributed by atoms with Gasteiger partial charge in [0, 0.05) is 0 Å². The highest BCUT2D eigenvalue weighted by Crippen LogP contribution is 2.27. The molecular weight excluding hydrogens is 176 g/mol.